The average Bonchev–Trinajstić information content (AvgIpc) is 2.72. The van der Waals surface area contributed by atoms with Crippen molar-refractivity contribution in [3.63, 3.8) is 0 Å². The summed E-state index contributed by atoms with van der Waals surface area (Å²) in [6.07, 6.45) is 0.957. The van der Waals surface area contributed by atoms with Gasteiger partial charge in [-0.25, -0.2) is 0 Å². The maximum absolute atomic E-state index is 5.89. The van der Waals surface area contributed by atoms with E-state index in [9.17, 15) is 0 Å². The highest BCUT2D eigenvalue weighted by Gasteiger charge is 2.04. The van der Waals surface area contributed by atoms with Crippen molar-refractivity contribution in [2.45, 2.75) is 33.1 Å². The number of hydrogen-bond acceptors (Lipinski definition) is 3. The first-order valence-corrected chi connectivity index (χ1v) is 9.54. The van der Waals surface area contributed by atoms with Crippen LogP contribution in [0.2, 0.25) is 0 Å². The van der Waals surface area contributed by atoms with Crippen LogP contribution >= 0.6 is 0 Å². The molecule has 0 radical (unpaired) electrons. The van der Waals surface area contributed by atoms with Crippen molar-refractivity contribution in [1.82, 2.24) is 10.6 Å². The molecule has 0 unspecified atom stereocenters. The van der Waals surface area contributed by atoms with Crippen LogP contribution in [-0.2, 0) is 29.2 Å². The Balaban J connectivity index is 1.78. The Morgan fingerprint density at radius 1 is 0.889 bits per heavy atom. The second kappa shape index (κ2) is 12.9. The van der Waals surface area contributed by atoms with Crippen molar-refractivity contribution in [2.75, 3.05) is 26.8 Å². The van der Waals surface area contributed by atoms with Gasteiger partial charge >= 0.3 is 0 Å². The van der Waals surface area contributed by atoms with Gasteiger partial charge in [0.05, 0.1) is 13.2 Å². The van der Waals surface area contributed by atoms with Gasteiger partial charge in [-0.05, 0) is 30.0 Å². The van der Waals surface area contributed by atoms with Crippen molar-refractivity contribution < 1.29 is 9.47 Å². The van der Waals surface area contributed by atoms with Gasteiger partial charge in [0.25, 0.3) is 0 Å². The highest BCUT2D eigenvalue weighted by atomic mass is 16.5. The number of hydrogen-bond donors (Lipinski definition) is 2. The molecule has 2 rings (SSSR count). The molecule has 0 heterocycles. The number of benzene rings is 2. The third-order valence-electron chi connectivity index (χ3n) is 4.12. The summed E-state index contributed by atoms with van der Waals surface area (Å²) in [4.78, 5) is 4.27. The molecule has 0 spiro atoms. The van der Waals surface area contributed by atoms with Gasteiger partial charge in [0, 0.05) is 33.4 Å². The lowest BCUT2D eigenvalue weighted by molar-refractivity contribution is 0.106. The molecule has 0 aliphatic rings. The SMILES string of the molecule is CCOCCCNC(=NC)NCc1ccccc1COCc1ccccc1. The van der Waals surface area contributed by atoms with Gasteiger partial charge in [0.15, 0.2) is 5.96 Å². The predicted octanol–water partition coefficient (Wildman–Crippen LogP) is 3.50. The van der Waals surface area contributed by atoms with Crippen LogP contribution in [0.1, 0.15) is 30.0 Å². The molecule has 0 saturated carbocycles. The van der Waals surface area contributed by atoms with Crippen molar-refractivity contribution in [3.8, 4) is 0 Å². The van der Waals surface area contributed by atoms with E-state index in [0.717, 1.165) is 32.1 Å². The fourth-order valence-corrected chi connectivity index (χ4v) is 2.65. The summed E-state index contributed by atoms with van der Waals surface area (Å²) < 4.78 is 11.2. The molecule has 0 aliphatic heterocycles. The van der Waals surface area contributed by atoms with E-state index in [4.69, 9.17) is 9.47 Å². The minimum Gasteiger partial charge on any atom is -0.382 e. The molecular formula is C22H31N3O2. The van der Waals surface area contributed by atoms with Crippen LogP contribution in [-0.4, -0.2) is 32.8 Å². The molecule has 27 heavy (non-hydrogen) atoms. The summed E-state index contributed by atoms with van der Waals surface area (Å²) >= 11 is 0. The Bertz CT molecular complexity index is 674. The molecule has 0 atom stereocenters. The van der Waals surface area contributed by atoms with Crippen molar-refractivity contribution in [3.05, 3.63) is 71.3 Å². The summed E-state index contributed by atoms with van der Waals surface area (Å²) in [7, 11) is 1.78. The van der Waals surface area contributed by atoms with Crippen LogP contribution in [0.4, 0.5) is 0 Å². The number of rotatable bonds is 11. The highest BCUT2D eigenvalue weighted by molar-refractivity contribution is 5.79. The molecule has 0 aromatic heterocycles. The van der Waals surface area contributed by atoms with Gasteiger partial charge in [-0.2, -0.15) is 0 Å². The van der Waals surface area contributed by atoms with Crippen molar-refractivity contribution >= 4 is 5.96 Å². The van der Waals surface area contributed by atoms with Gasteiger partial charge in [-0.3, -0.25) is 4.99 Å². The van der Waals surface area contributed by atoms with Gasteiger partial charge in [-0.1, -0.05) is 54.6 Å². The third kappa shape index (κ3) is 8.24. The average molecular weight is 370 g/mol. The van der Waals surface area contributed by atoms with Gasteiger partial charge in [-0.15, -0.1) is 0 Å². The topological polar surface area (TPSA) is 54.9 Å². The molecule has 0 saturated heterocycles. The second-order valence-corrected chi connectivity index (χ2v) is 6.15. The molecule has 5 heteroatoms. The summed E-state index contributed by atoms with van der Waals surface area (Å²) in [5.74, 6) is 0.798. The Kier molecular flexibility index (Phi) is 10.0. The molecule has 0 bridgehead atoms. The molecule has 0 aliphatic carbocycles. The minimum atomic E-state index is 0.590. The Morgan fingerprint density at radius 2 is 1.63 bits per heavy atom. The zero-order valence-corrected chi connectivity index (χ0v) is 16.4. The molecule has 5 nitrogen and oxygen atoms in total. The van der Waals surface area contributed by atoms with E-state index < -0.39 is 0 Å². The second-order valence-electron chi connectivity index (χ2n) is 6.15. The number of aliphatic imine (C=N–C) groups is 1. The first-order valence-electron chi connectivity index (χ1n) is 9.54. The van der Waals surface area contributed by atoms with E-state index in [1.165, 1.54) is 16.7 Å². The molecule has 2 N–H and O–H groups in total. The van der Waals surface area contributed by atoms with E-state index in [0.29, 0.717) is 19.8 Å². The first kappa shape index (κ1) is 20.9. The number of nitrogens with one attached hydrogen (secondary N) is 2. The Labute approximate surface area is 162 Å². The van der Waals surface area contributed by atoms with Crippen LogP contribution in [0.25, 0.3) is 0 Å². The van der Waals surface area contributed by atoms with Crippen LogP contribution < -0.4 is 10.6 Å². The fourth-order valence-electron chi connectivity index (χ4n) is 2.65. The van der Waals surface area contributed by atoms with E-state index in [2.05, 4.69) is 46.0 Å². The standard InChI is InChI=1S/C22H31N3O2/c1-3-26-15-9-14-24-22(23-2)25-16-20-12-7-8-13-21(20)18-27-17-19-10-5-4-6-11-19/h4-8,10-13H,3,9,14-18H2,1-2H3,(H2,23,24,25). The van der Waals surface area contributed by atoms with E-state index in [1.807, 2.05) is 31.2 Å². The summed E-state index contributed by atoms with van der Waals surface area (Å²) in [6.45, 7) is 6.28. The first-order chi connectivity index (χ1) is 13.3. The molecule has 2 aromatic carbocycles. The van der Waals surface area contributed by atoms with E-state index in [1.54, 1.807) is 7.05 Å². The number of ether oxygens (including phenoxy) is 2. The lowest BCUT2D eigenvalue weighted by atomic mass is 10.1. The maximum atomic E-state index is 5.89. The van der Waals surface area contributed by atoms with Gasteiger partial charge in [0.2, 0.25) is 0 Å². The zero-order valence-electron chi connectivity index (χ0n) is 16.4. The quantitative estimate of drug-likeness (QED) is 0.362. The summed E-state index contributed by atoms with van der Waals surface area (Å²) in [6, 6.07) is 18.6. The number of nitrogens with zero attached hydrogens (tertiary/aromatic N) is 1. The normalized spacial score (nSPS) is 11.4. The predicted molar refractivity (Wildman–Crippen MR) is 111 cm³/mol. The maximum Gasteiger partial charge on any atom is 0.191 e. The van der Waals surface area contributed by atoms with Crippen LogP contribution in [0, 0.1) is 0 Å². The number of guanidine groups is 1. The third-order valence-corrected chi connectivity index (χ3v) is 4.12. The van der Waals surface area contributed by atoms with Crippen molar-refractivity contribution in [1.29, 1.82) is 0 Å². The van der Waals surface area contributed by atoms with Gasteiger partial charge < -0.3 is 20.1 Å². The highest BCUT2D eigenvalue weighted by Crippen LogP contribution is 2.11. The van der Waals surface area contributed by atoms with Gasteiger partial charge in [0.1, 0.15) is 0 Å². The molecular weight excluding hydrogens is 338 g/mol. The van der Waals surface area contributed by atoms with Crippen molar-refractivity contribution in [2.24, 2.45) is 4.99 Å². The zero-order chi connectivity index (χ0) is 19.2. The monoisotopic (exact) mass is 369 g/mol. The molecule has 2 aromatic rings. The van der Waals surface area contributed by atoms with Crippen LogP contribution in [0.5, 0.6) is 0 Å². The molecule has 0 fully saturated rings. The Morgan fingerprint density at radius 3 is 2.37 bits per heavy atom. The summed E-state index contributed by atoms with van der Waals surface area (Å²) in [5.41, 5.74) is 3.58. The minimum absolute atomic E-state index is 0.590. The lowest BCUT2D eigenvalue weighted by Gasteiger charge is -2.14. The molecule has 0 amide bonds. The summed E-state index contributed by atoms with van der Waals surface area (Å²) in [5, 5.41) is 6.68. The fraction of sp³-hybridized carbons (Fsp3) is 0.409. The van der Waals surface area contributed by atoms with Crippen LogP contribution in [0.3, 0.4) is 0 Å². The largest absolute Gasteiger partial charge is 0.382 e. The van der Waals surface area contributed by atoms with Crippen LogP contribution in [0.15, 0.2) is 59.6 Å². The smallest absolute Gasteiger partial charge is 0.191 e. The molecule has 146 valence electrons. The van der Waals surface area contributed by atoms with E-state index in [-0.39, 0.29) is 0 Å². The van der Waals surface area contributed by atoms with E-state index >= 15 is 0 Å². The Hall–Kier alpha value is -2.37. The lowest BCUT2D eigenvalue weighted by Crippen LogP contribution is -2.37.